The Balaban J connectivity index is 2.14. The van der Waals surface area contributed by atoms with Crippen LogP contribution in [0.1, 0.15) is 44.2 Å². The summed E-state index contributed by atoms with van der Waals surface area (Å²) in [6, 6.07) is 4.28. The molecule has 1 aromatic carbocycles. The van der Waals surface area contributed by atoms with Crippen molar-refractivity contribution >= 4 is 17.5 Å². The molecular formula is C17H24O2S. The first-order chi connectivity index (χ1) is 9.76. The Hall–Kier alpha value is -1.09. The number of unbranched alkanes of at least 4 members (excludes halogenated alkanes) is 2. The molecule has 0 unspecified atom stereocenters. The third-order valence-corrected chi connectivity index (χ3v) is 4.51. The lowest BCUT2D eigenvalue weighted by Gasteiger charge is -2.14. The summed E-state index contributed by atoms with van der Waals surface area (Å²) >= 11 is 1.90. The Kier molecular flexibility index (Phi) is 5.84. The first-order valence-electron chi connectivity index (χ1n) is 7.50. The van der Waals surface area contributed by atoms with Crippen LogP contribution in [-0.4, -0.2) is 19.0 Å². The lowest BCUT2D eigenvalue weighted by molar-refractivity contribution is 0.295. The standard InChI is InChI=1S/C17H24O2S/c1-4-6-7-9-19-16-11-14(13(3)18-5-2)12-17-15(16)8-10-20-17/h11-12H,3-10H2,1-2H3. The van der Waals surface area contributed by atoms with Crippen LogP contribution >= 0.6 is 11.8 Å². The van der Waals surface area contributed by atoms with E-state index in [2.05, 4.69) is 25.6 Å². The Labute approximate surface area is 126 Å². The molecule has 2 rings (SSSR count). The molecule has 20 heavy (non-hydrogen) atoms. The molecule has 0 N–H and O–H groups in total. The molecule has 0 aromatic heterocycles. The summed E-state index contributed by atoms with van der Waals surface area (Å²) in [5.41, 5.74) is 2.41. The van der Waals surface area contributed by atoms with Crippen LogP contribution in [0, 0.1) is 0 Å². The summed E-state index contributed by atoms with van der Waals surface area (Å²) in [7, 11) is 0. The van der Waals surface area contributed by atoms with Gasteiger partial charge in [-0.1, -0.05) is 26.3 Å². The van der Waals surface area contributed by atoms with Gasteiger partial charge in [-0.15, -0.1) is 11.8 Å². The van der Waals surface area contributed by atoms with E-state index < -0.39 is 0 Å². The van der Waals surface area contributed by atoms with E-state index in [-0.39, 0.29) is 0 Å². The summed E-state index contributed by atoms with van der Waals surface area (Å²) in [6.07, 6.45) is 4.67. The molecule has 0 spiro atoms. The van der Waals surface area contributed by atoms with E-state index in [4.69, 9.17) is 9.47 Å². The Morgan fingerprint density at radius 3 is 2.90 bits per heavy atom. The van der Waals surface area contributed by atoms with E-state index in [1.165, 1.54) is 23.3 Å². The van der Waals surface area contributed by atoms with Gasteiger partial charge >= 0.3 is 0 Å². The minimum Gasteiger partial charge on any atom is -0.494 e. The normalized spacial score (nSPS) is 13.1. The molecule has 1 heterocycles. The Morgan fingerprint density at radius 1 is 1.30 bits per heavy atom. The zero-order chi connectivity index (χ0) is 14.4. The third-order valence-electron chi connectivity index (χ3n) is 3.42. The number of hydrogen-bond donors (Lipinski definition) is 0. The third kappa shape index (κ3) is 3.72. The SMILES string of the molecule is C=C(OCC)c1cc(OCCCCC)c2c(c1)SCC2. The van der Waals surface area contributed by atoms with Gasteiger partial charge in [-0.2, -0.15) is 0 Å². The minimum atomic E-state index is 0.649. The molecule has 1 aliphatic heterocycles. The number of thioether (sulfide) groups is 1. The predicted octanol–water partition coefficient (Wildman–Crippen LogP) is 4.91. The van der Waals surface area contributed by atoms with Gasteiger partial charge in [0.1, 0.15) is 11.5 Å². The molecule has 1 aliphatic rings. The lowest BCUT2D eigenvalue weighted by Crippen LogP contribution is -2.01. The molecular weight excluding hydrogens is 268 g/mol. The summed E-state index contributed by atoms with van der Waals surface area (Å²) < 4.78 is 11.5. The summed E-state index contributed by atoms with van der Waals surface area (Å²) in [6.45, 7) is 9.64. The van der Waals surface area contributed by atoms with Crippen LogP contribution in [0.15, 0.2) is 23.6 Å². The smallest absolute Gasteiger partial charge is 0.124 e. The molecule has 0 saturated carbocycles. The topological polar surface area (TPSA) is 18.5 Å². The van der Waals surface area contributed by atoms with Crippen molar-refractivity contribution in [1.29, 1.82) is 0 Å². The second-order valence-electron chi connectivity index (χ2n) is 4.96. The fraction of sp³-hybridized carbons (Fsp3) is 0.529. The highest BCUT2D eigenvalue weighted by molar-refractivity contribution is 7.99. The number of fused-ring (bicyclic) bond motifs is 1. The maximum absolute atomic E-state index is 6.01. The van der Waals surface area contributed by atoms with Crippen LogP contribution in [-0.2, 0) is 11.2 Å². The Bertz CT molecular complexity index is 468. The average Bonchev–Trinajstić information content (AvgIpc) is 2.92. The minimum absolute atomic E-state index is 0.649. The molecule has 110 valence electrons. The fourth-order valence-corrected chi connectivity index (χ4v) is 3.45. The van der Waals surface area contributed by atoms with Crippen molar-refractivity contribution < 1.29 is 9.47 Å². The first kappa shape index (κ1) is 15.3. The van der Waals surface area contributed by atoms with Crippen molar-refractivity contribution in [1.82, 2.24) is 0 Å². The van der Waals surface area contributed by atoms with Gasteiger partial charge in [0.25, 0.3) is 0 Å². The van der Waals surface area contributed by atoms with Gasteiger partial charge in [0.05, 0.1) is 13.2 Å². The molecule has 0 radical (unpaired) electrons. The van der Waals surface area contributed by atoms with Gasteiger partial charge in [-0.25, -0.2) is 0 Å². The molecule has 0 bridgehead atoms. The average molecular weight is 292 g/mol. The van der Waals surface area contributed by atoms with Crippen molar-refractivity contribution in [2.24, 2.45) is 0 Å². The van der Waals surface area contributed by atoms with Crippen LogP contribution in [0.3, 0.4) is 0 Å². The van der Waals surface area contributed by atoms with Crippen LogP contribution in [0.2, 0.25) is 0 Å². The van der Waals surface area contributed by atoms with E-state index in [1.54, 1.807) is 0 Å². The van der Waals surface area contributed by atoms with Crippen molar-refractivity contribution in [3.05, 3.63) is 29.8 Å². The highest BCUT2D eigenvalue weighted by atomic mass is 32.2. The van der Waals surface area contributed by atoms with Gasteiger partial charge in [-0.3, -0.25) is 0 Å². The molecule has 0 saturated heterocycles. The van der Waals surface area contributed by atoms with E-state index in [0.29, 0.717) is 6.61 Å². The van der Waals surface area contributed by atoms with E-state index >= 15 is 0 Å². The molecule has 0 aliphatic carbocycles. The molecule has 0 amide bonds. The van der Waals surface area contributed by atoms with Crippen LogP contribution in [0.5, 0.6) is 5.75 Å². The van der Waals surface area contributed by atoms with Gasteiger partial charge < -0.3 is 9.47 Å². The maximum Gasteiger partial charge on any atom is 0.124 e. The van der Waals surface area contributed by atoms with Crippen molar-refractivity contribution in [3.63, 3.8) is 0 Å². The molecule has 0 fully saturated rings. The Morgan fingerprint density at radius 2 is 2.15 bits per heavy atom. The largest absolute Gasteiger partial charge is 0.494 e. The molecule has 0 atom stereocenters. The zero-order valence-corrected chi connectivity index (χ0v) is 13.4. The summed E-state index contributed by atoms with van der Waals surface area (Å²) in [5.74, 6) is 2.91. The van der Waals surface area contributed by atoms with E-state index in [9.17, 15) is 0 Å². The molecule has 3 heteroatoms. The lowest BCUT2D eigenvalue weighted by atomic mass is 10.1. The first-order valence-corrected chi connectivity index (χ1v) is 8.49. The van der Waals surface area contributed by atoms with Crippen LogP contribution < -0.4 is 4.74 Å². The van der Waals surface area contributed by atoms with Crippen LogP contribution in [0.25, 0.3) is 5.76 Å². The quantitative estimate of drug-likeness (QED) is 0.501. The summed E-state index contributed by atoms with van der Waals surface area (Å²) in [4.78, 5) is 1.33. The second-order valence-corrected chi connectivity index (χ2v) is 6.10. The number of ether oxygens (including phenoxy) is 2. The highest BCUT2D eigenvalue weighted by Gasteiger charge is 2.19. The monoisotopic (exact) mass is 292 g/mol. The predicted molar refractivity (Wildman–Crippen MR) is 86.6 cm³/mol. The van der Waals surface area contributed by atoms with E-state index in [0.717, 1.165) is 42.3 Å². The van der Waals surface area contributed by atoms with Crippen molar-refractivity contribution in [3.8, 4) is 5.75 Å². The fourth-order valence-electron chi connectivity index (χ4n) is 2.34. The summed E-state index contributed by atoms with van der Waals surface area (Å²) in [5, 5.41) is 0. The van der Waals surface area contributed by atoms with Crippen LogP contribution in [0.4, 0.5) is 0 Å². The number of hydrogen-bond acceptors (Lipinski definition) is 3. The maximum atomic E-state index is 6.01. The van der Waals surface area contributed by atoms with E-state index in [1.807, 2.05) is 18.7 Å². The zero-order valence-electron chi connectivity index (χ0n) is 12.5. The van der Waals surface area contributed by atoms with Gasteiger partial charge in [0.15, 0.2) is 0 Å². The van der Waals surface area contributed by atoms with Gasteiger partial charge in [0, 0.05) is 21.8 Å². The van der Waals surface area contributed by atoms with Gasteiger partial charge in [0.2, 0.25) is 0 Å². The molecule has 2 nitrogen and oxygen atoms in total. The highest BCUT2D eigenvalue weighted by Crippen LogP contribution is 2.39. The van der Waals surface area contributed by atoms with Crippen molar-refractivity contribution in [2.75, 3.05) is 19.0 Å². The van der Waals surface area contributed by atoms with Gasteiger partial charge in [-0.05, 0) is 31.9 Å². The number of rotatable bonds is 8. The second kappa shape index (κ2) is 7.63. The van der Waals surface area contributed by atoms with Crippen molar-refractivity contribution in [2.45, 2.75) is 44.4 Å². The molecule has 1 aromatic rings. The number of benzene rings is 1.